The number of ether oxygens (including phenoxy) is 1. The lowest BCUT2D eigenvalue weighted by molar-refractivity contribution is 0.102. The Hall–Kier alpha value is -2.96. The standard InChI is InChI=1S/C18H19N5O2/c24-17(13-6-5-11-19-12-13)21-18-20-15-9-4-10-16(23(15)22-18)25-14-7-2-1-3-8-14/h4-6,9-12,14H,1-3,7-8H2,(H,21,22,24). The van der Waals surface area contributed by atoms with Crippen LogP contribution in [0.1, 0.15) is 42.5 Å². The molecule has 4 rings (SSSR count). The van der Waals surface area contributed by atoms with Gasteiger partial charge in [-0.2, -0.15) is 9.50 Å². The van der Waals surface area contributed by atoms with Gasteiger partial charge in [0, 0.05) is 18.5 Å². The second kappa shape index (κ2) is 6.88. The molecule has 1 saturated carbocycles. The number of anilines is 1. The van der Waals surface area contributed by atoms with Crippen molar-refractivity contribution in [2.75, 3.05) is 5.32 Å². The summed E-state index contributed by atoms with van der Waals surface area (Å²) >= 11 is 0. The van der Waals surface area contributed by atoms with Crippen LogP contribution >= 0.6 is 0 Å². The fourth-order valence-electron chi connectivity index (χ4n) is 3.05. The van der Waals surface area contributed by atoms with Crippen LogP contribution in [0.5, 0.6) is 5.88 Å². The Kier molecular flexibility index (Phi) is 4.28. The Morgan fingerprint density at radius 3 is 2.84 bits per heavy atom. The minimum atomic E-state index is -0.293. The number of pyridine rings is 2. The highest BCUT2D eigenvalue weighted by atomic mass is 16.5. The average molecular weight is 337 g/mol. The fourth-order valence-corrected chi connectivity index (χ4v) is 3.05. The van der Waals surface area contributed by atoms with Crippen molar-refractivity contribution in [3.05, 3.63) is 48.3 Å². The molecule has 0 spiro atoms. The average Bonchev–Trinajstić information content (AvgIpc) is 3.07. The molecule has 0 radical (unpaired) electrons. The molecule has 25 heavy (non-hydrogen) atoms. The maximum atomic E-state index is 12.2. The van der Waals surface area contributed by atoms with E-state index in [1.165, 1.54) is 25.5 Å². The zero-order valence-corrected chi connectivity index (χ0v) is 13.8. The summed E-state index contributed by atoms with van der Waals surface area (Å²) < 4.78 is 7.74. The molecule has 128 valence electrons. The molecule has 1 aliphatic carbocycles. The molecule has 0 unspecified atom stereocenters. The van der Waals surface area contributed by atoms with Crippen LogP contribution in [-0.4, -0.2) is 31.6 Å². The Balaban J connectivity index is 1.55. The minimum absolute atomic E-state index is 0.219. The molecular weight excluding hydrogens is 318 g/mol. The van der Waals surface area contributed by atoms with Crippen molar-refractivity contribution in [3.8, 4) is 5.88 Å². The van der Waals surface area contributed by atoms with Crippen molar-refractivity contribution in [3.63, 3.8) is 0 Å². The third kappa shape index (κ3) is 3.45. The van der Waals surface area contributed by atoms with E-state index in [1.807, 2.05) is 18.2 Å². The number of carbonyl (C=O) groups is 1. The molecular formula is C18H19N5O2. The zero-order valence-electron chi connectivity index (χ0n) is 13.8. The molecule has 0 saturated heterocycles. The number of hydrogen-bond acceptors (Lipinski definition) is 5. The highest BCUT2D eigenvalue weighted by Gasteiger charge is 2.17. The first kappa shape index (κ1) is 15.6. The van der Waals surface area contributed by atoms with E-state index < -0.39 is 0 Å². The van der Waals surface area contributed by atoms with Crippen LogP contribution in [0.25, 0.3) is 5.65 Å². The lowest BCUT2D eigenvalue weighted by atomic mass is 9.98. The summed E-state index contributed by atoms with van der Waals surface area (Å²) in [6.45, 7) is 0. The zero-order chi connectivity index (χ0) is 17.1. The van der Waals surface area contributed by atoms with E-state index in [-0.39, 0.29) is 18.0 Å². The molecule has 0 aromatic carbocycles. The van der Waals surface area contributed by atoms with Crippen LogP contribution < -0.4 is 10.1 Å². The van der Waals surface area contributed by atoms with Gasteiger partial charge in [-0.1, -0.05) is 12.5 Å². The number of carbonyl (C=O) groups excluding carboxylic acids is 1. The van der Waals surface area contributed by atoms with Gasteiger partial charge in [0.15, 0.2) is 5.65 Å². The van der Waals surface area contributed by atoms with Gasteiger partial charge < -0.3 is 4.74 Å². The van der Waals surface area contributed by atoms with E-state index in [9.17, 15) is 4.79 Å². The molecule has 0 aliphatic heterocycles. The normalized spacial score (nSPS) is 15.2. The number of hydrogen-bond donors (Lipinski definition) is 1. The van der Waals surface area contributed by atoms with Crippen LogP contribution in [0.3, 0.4) is 0 Å². The maximum absolute atomic E-state index is 12.2. The van der Waals surface area contributed by atoms with E-state index in [0.29, 0.717) is 17.1 Å². The molecule has 3 heterocycles. The lowest BCUT2D eigenvalue weighted by Crippen LogP contribution is -2.21. The number of aromatic nitrogens is 4. The van der Waals surface area contributed by atoms with Gasteiger partial charge in [0.2, 0.25) is 11.8 Å². The van der Waals surface area contributed by atoms with Crippen molar-refractivity contribution in [1.82, 2.24) is 19.6 Å². The second-order valence-electron chi connectivity index (χ2n) is 6.14. The highest BCUT2D eigenvalue weighted by molar-refractivity contribution is 6.03. The van der Waals surface area contributed by atoms with E-state index >= 15 is 0 Å². The fraction of sp³-hybridized carbons (Fsp3) is 0.333. The molecule has 1 N–H and O–H groups in total. The summed E-state index contributed by atoms with van der Waals surface area (Å²) in [4.78, 5) is 20.5. The first-order valence-corrected chi connectivity index (χ1v) is 8.53. The first-order chi connectivity index (χ1) is 12.3. The summed E-state index contributed by atoms with van der Waals surface area (Å²) in [6.07, 6.45) is 9.15. The largest absolute Gasteiger partial charge is 0.474 e. The molecule has 7 nitrogen and oxygen atoms in total. The minimum Gasteiger partial charge on any atom is -0.474 e. The summed E-state index contributed by atoms with van der Waals surface area (Å²) in [5.74, 6) is 0.603. The van der Waals surface area contributed by atoms with Crippen LogP contribution in [0, 0.1) is 0 Å². The van der Waals surface area contributed by atoms with Crippen molar-refractivity contribution in [2.24, 2.45) is 0 Å². The number of nitrogens with zero attached hydrogens (tertiary/aromatic N) is 4. The molecule has 1 fully saturated rings. The van der Waals surface area contributed by atoms with E-state index in [4.69, 9.17) is 4.74 Å². The van der Waals surface area contributed by atoms with Gasteiger partial charge >= 0.3 is 0 Å². The molecule has 1 amide bonds. The molecule has 3 aromatic rings. The quantitative estimate of drug-likeness (QED) is 0.791. The van der Waals surface area contributed by atoms with E-state index in [0.717, 1.165) is 12.8 Å². The monoisotopic (exact) mass is 337 g/mol. The second-order valence-corrected chi connectivity index (χ2v) is 6.14. The van der Waals surface area contributed by atoms with E-state index in [1.54, 1.807) is 22.8 Å². The maximum Gasteiger partial charge on any atom is 0.259 e. The Labute approximate surface area is 145 Å². The van der Waals surface area contributed by atoms with Gasteiger partial charge in [-0.15, -0.1) is 5.10 Å². The highest BCUT2D eigenvalue weighted by Crippen LogP contribution is 2.24. The predicted molar refractivity (Wildman–Crippen MR) is 92.7 cm³/mol. The molecule has 3 aromatic heterocycles. The third-order valence-corrected chi connectivity index (χ3v) is 4.31. The molecule has 7 heteroatoms. The Morgan fingerprint density at radius 1 is 1.16 bits per heavy atom. The first-order valence-electron chi connectivity index (χ1n) is 8.53. The predicted octanol–water partition coefficient (Wildman–Crippen LogP) is 3.09. The van der Waals surface area contributed by atoms with Gasteiger partial charge in [0.1, 0.15) is 6.10 Å². The smallest absolute Gasteiger partial charge is 0.259 e. The molecule has 1 aliphatic rings. The Morgan fingerprint density at radius 2 is 2.04 bits per heavy atom. The van der Waals surface area contributed by atoms with Crippen molar-refractivity contribution < 1.29 is 9.53 Å². The van der Waals surface area contributed by atoms with Gasteiger partial charge in [-0.3, -0.25) is 15.1 Å². The van der Waals surface area contributed by atoms with Crippen LogP contribution in [0.4, 0.5) is 5.95 Å². The van der Waals surface area contributed by atoms with Gasteiger partial charge in [-0.25, -0.2) is 0 Å². The van der Waals surface area contributed by atoms with Crippen LogP contribution in [0.15, 0.2) is 42.7 Å². The third-order valence-electron chi connectivity index (χ3n) is 4.31. The summed E-state index contributed by atoms with van der Waals surface area (Å²) in [6, 6.07) is 9.00. The lowest BCUT2D eigenvalue weighted by Gasteiger charge is -2.22. The molecule has 0 bridgehead atoms. The van der Waals surface area contributed by atoms with Gasteiger partial charge in [0.25, 0.3) is 5.91 Å². The topological polar surface area (TPSA) is 81.4 Å². The molecule has 0 atom stereocenters. The van der Waals surface area contributed by atoms with Crippen molar-refractivity contribution >= 4 is 17.5 Å². The van der Waals surface area contributed by atoms with Crippen molar-refractivity contribution in [1.29, 1.82) is 0 Å². The van der Waals surface area contributed by atoms with Crippen LogP contribution in [0.2, 0.25) is 0 Å². The Bertz CT molecular complexity index is 872. The van der Waals surface area contributed by atoms with Crippen molar-refractivity contribution in [2.45, 2.75) is 38.2 Å². The summed E-state index contributed by atoms with van der Waals surface area (Å²) in [5, 5.41) is 7.07. The van der Waals surface area contributed by atoms with E-state index in [2.05, 4.69) is 20.4 Å². The summed E-state index contributed by atoms with van der Waals surface area (Å²) in [7, 11) is 0. The number of amides is 1. The number of fused-ring (bicyclic) bond motifs is 1. The number of rotatable bonds is 4. The van der Waals surface area contributed by atoms with Gasteiger partial charge in [-0.05, 0) is 43.9 Å². The van der Waals surface area contributed by atoms with Gasteiger partial charge in [0.05, 0.1) is 5.56 Å². The number of nitrogens with one attached hydrogen (secondary N) is 1. The SMILES string of the molecule is O=C(Nc1nc2cccc(OC3CCCCC3)n2n1)c1cccnc1. The van der Waals surface area contributed by atoms with Crippen LogP contribution in [-0.2, 0) is 0 Å². The summed E-state index contributed by atoms with van der Waals surface area (Å²) in [5.41, 5.74) is 1.09.